The summed E-state index contributed by atoms with van der Waals surface area (Å²) in [5, 5.41) is 13.1. The molecule has 3 saturated heterocycles. The minimum atomic E-state index is -1.05. The molecule has 13 nitrogen and oxygen atoms in total. The molecule has 0 spiro atoms. The van der Waals surface area contributed by atoms with E-state index in [4.69, 9.17) is 9.47 Å². The SMILES string of the molecule is CCOC(=O)C(=O)N1CCC(C2CCN(C(=O)[C@@H](Cc3ccc(O)c(Br)c3)OC(=O)N3CCC(N4CCc5ccccc5NC4=O)CC3)CC2)CC1. The fraction of sp³-hybridized carbons (Fsp3) is 0.553. The minimum absolute atomic E-state index is 0.0169. The molecule has 2 aromatic rings. The van der Waals surface area contributed by atoms with Gasteiger partial charge in [-0.25, -0.2) is 14.4 Å². The van der Waals surface area contributed by atoms with Crippen molar-refractivity contribution in [2.75, 3.05) is 57.7 Å². The number of halogens is 1. The molecule has 0 bridgehead atoms. The van der Waals surface area contributed by atoms with Crippen LogP contribution in [0.4, 0.5) is 15.3 Å². The molecule has 6 rings (SSSR count). The summed E-state index contributed by atoms with van der Waals surface area (Å²) >= 11 is 3.35. The number of aromatic hydroxyl groups is 1. The van der Waals surface area contributed by atoms with Gasteiger partial charge in [0.2, 0.25) is 0 Å². The highest BCUT2D eigenvalue weighted by atomic mass is 79.9. The van der Waals surface area contributed by atoms with Gasteiger partial charge < -0.3 is 39.5 Å². The number of amides is 5. The summed E-state index contributed by atoms with van der Waals surface area (Å²) < 4.78 is 11.4. The quantitative estimate of drug-likeness (QED) is 0.301. The molecule has 14 heteroatoms. The summed E-state index contributed by atoms with van der Waals surface area (Å²) in [4.78, 5) is 71.9. The molecule has 2 N–H and O–H groups in total. The number of nitrogens with zero attached hydrogens (tertiary/aromatic N) is 4. The molecule has 3 fully saturated rings. The summed E-state index contributed by atoms with van der Waals surface area (Å²) in [6.45, 7) is 5.34. The largest absolute Gasteiger partial charge is 0.507 e. The maximum Gasteiger partial charge on any atom is 0.410 e. The van der Waals surface area contributed by atoms with Crippen LogP contribution in [0.1, 0.15) is 56.6 Å². The predicted octanol–water partition coefficient (Wildman–Crippen LogP) is 4.80. The molecular weight excluding hydrogens is 734 g/mol. The first-order valence-electron chi connectivity index (χ1n) is 18.4. The number of nitrogens with one attached hydrogen (secondary N) is 1. The van der Waals surface area contributed by atoms with E-state index in [1.54, 1.807) is 39.8 Å². The van der Waals surface area contributed by atoms with Gasteiger partial charge in [-0.15, -0.1) is 0 Å². The Hall–Kier alpha value is -4.33. The van der Waals surface area contributed by atoms with E-state index in [1.165, 1.54) is 0 Å². The maximum atomic E-state index is 14.0. The number of hydrogen-bond acceptors (Lipinski definition) is 8. The van der Waals surface area contributed by atoms with Crippen LogP contribution in [-0.4, -0.2) is 119 Å². The van der Waals surface area contributed by atoms with E-state index in [0.29, 0.717) is 75.0 Å². The van der Waals surface area contributed by atoms with Crippen molar-refractivity contribution in [2.24, 2.45) is 11.8 Å². The molecule has 0 aromatic heterocycles. The molecular formula is C38H48BrN5O8. The van der Waals surface area contributed by atoms with Crippen LogP contribution in [0.5, 0.6) is 5.75 Å². The summed E-state index contributed by atoms with van der Waals surface area (Å²) in [6, 6.07) is 12.7. The lowest BCUT2D eigenvalue weighted by molar-refractivity contribution is -0.160. The molecule has 4 heterocycles. The molecule has 1 atom stereocenters. The second-order valence-corrected chi connectivity index (χ2v) is 15.0. The lowest BCUT2D eigenvalue weighted by Gasteiger charge is -2.41. The number of para-hydroxylation sites is 1. The zero-order chi connectivity index (χ0) is 36.8. The molecule has 4 aliphatic heterocycles. The third-order valence-electron chi connectivity index (χ3n) is 11.1. The van der Waals surface area contributed by atoms with Crippen molar-refractivity contribution in [3.05, 3.63) is 58.1 Å². The smallest absolute Gasteiger partial charge is 0.410 e. The van der Waals surface area contributed by atoms with Crippen molar-refractivity contribution < 1.29 is 38.6 Å². The Balaban J connectivity index is 1.03. The van der Waals surface area contributed by atoms with E-state index in [-0.39, 0.29) is 36.8 Å². The van der Waals surface area contributed by atoms with Crippen molar-refractivity contribution in [2.45, 2.75) is 70.4 Å². The van der Waals surface area contributed by atoms with Crippen LogP contribution in [0.15, 0.2) is 46.9 Å². The second kappa shape index (κ2) is 17.0. The number of phenolic OH excluding ortho intramolecular Hbond substituents is 1. The van der Waals surface area contributed by atoms with Crippen LogP contribution in [0.2, 0.25) is 0 Å². The van der Waals surface area contributed by atoms with Gasteiger partial charge in [0.05, 0.1) is 11.1 Å². The number of phenols is 1. The lowest BCUT2D eigenvalue weighted by atomic mass is 9.78. The Bertz CT molecular complexity index is 1630. The number of benzene rings is 2. The van der Waals surface area contributed by atoms with Crippen molar-refractivity contribution in [1.29, 1.82) is 0 Å². The first kappa shape index (κ1) is 37.4. The number of esters is 1. The predicted molar refractivity (Wildman–Crippen MR) is 195 cm³/mol. The van der Waals surface area contributed by atoms with Gasteiger partial charge in [-0.1, -0.05) is 24.3 Å². The average molecular weight is 783 g/mol. The normalized spacial score (nSPS) is 19.7. The van der Waals surface area contributed by atoms with E-state index in [2.05, 4.69) is 21.2 Å². The Morgan fingerprint density at radius 1 is 0.865 bits per heavy atom. The van der Waals surface area contributed by atoms with E-state index in [9.17, 15) is 29.1 Å². The standard InChI is InChI=1S/C38H48BrN5O8/c1-2-51-36(48)35(47)42-18-11-27(12-19-42)26-9-16-41(17-10-26)34(46)33(24-25-7-8-32(45)30(39)23-25)52-38(50)43-20-14-29(15-21-43)44-22-13-28-5-3-4-6-31(28)40-37(44)49/h3-8,23,26-27,29,33,45H,2,9-22,24H2,1H3,(H,40,49)/t33-/m1/s1. The third kappa shape index (κ3) is 8.82. The monoisotopic (exact) mass is 781 g/mol. The first-order chi connectivity index (χ1) is 25.1. The number of hydrogen-bond donors (Lipinski definition) is 2. The van der Waals surface area contributed by atoms with Gasteiger partial charge in [-0.2, -0.15) is 0 Å². The van der Waals surface area contributed by atoms with Gasteiger partial charge in [-0.3, -0.25) is 9.59 Å². The van der Waals surface area contributed by atoms with Gasteiger partial charge in [0.15, 0.2) is 6.10 Å². The van der Waals surface area contributed by atoms with Gasteiger partial charge in [0, 0.05) is 64.0 Å². The molecule has 52 heavy (non-hydrogen) atoms. The van der Waals surface area contributed by atoms with Crippen LogP contribution >= 0.6 is 15.9 Å². The second-order valence-electron chi connectivity index (χ2n) is 14.1. The van der Waals surface area contributed by atoms with Crippen LogP contribution in [-0.2, 0) is 36.7 Å². The Kier molecular flexibility index (Phi) is 12.2. The minimum Gasteiger partial charge on any atom is -0.507 e. The number of fused-ring (bicyclic) bond motifs is 1. The van der Waals surface area contributed by atoms with E-state index >= 15 is 0 Å². The topological polar surface area (TPSA) is 149 Å². The van der Waals surface area contributed by atoms with Crippen LogP contribution in [0.3, 0.4) is 0 Å². The molecule has 0 aliphatic carbocycles. The number of urea groups is 1. The fourth-order valence-corrected chi connectivity index (χ4v) is 8.48. The summed E-state index contributed by atoms with van der Waals surface area (Å²) in [5.74, 6) is -0.777. The Morgan fingerprint density at radius 2 is 1.50 bits per heavy atom. The molecule has 4 aliphatic rings. The number of likely N-dealkylation sites (tertiary alicyclic amines) is 3. The summed E-state index contributed by atoms with van der Waals surface area (Å²) in [7, 11) is 0. The average Bonchev–Trinajstić information content (AvgIpc) is 3.33. The highest BCUT2D eigenvalue weighted by Gasteiger charge is 2.38. The molecule has 280 valence electrons. The highest BCUT2D eigenvalue weighted by molar-refractivity contribution is 9.10. The fourth-order valence-electron chi connectivity index (χ4n) is 8.06. The zero-order valence-electron chi connectivity index (χ0n) is 29.6. The zero-order valence-corrected chi connectivity index (χ0v) is 31.2. The number of ether oxygens (including phenoxy) is 2. The van der Waals surface area contributed by atoms with Crippen molar-refractivity contribution in [3.8, 4) is 5.75 Å². The van der Waals surface area contributed by atoms with E-state index < -0.39 is 24.1 Å². The van der Waals surface area contributed by atoms with Crippen molar-refractivity contribution >= 4 is 51.5 Å². The van der Waals surface area contributed by atoms with Gasteiger partial charge in [0.1, 0.15) is 5.75 Å². The van der Waals surface area contributed by atoms with Crippen LogP contribution < -0.4 is 5.32 Å². The number of piperidine rings is 3. The van der Waals surface area contributed by atoms with E-state index in [0.717, 1.165) is 48.9 Å². The number of carbonyl (C=O) groups excluding carboxylic acids is 5. The van der Waals surface area contributed by atoms with Crippen molar-refractivity contribution in [1.82, 2.24) is 19.6 Å². The lowest BCUT2D eigenvalue weighted by Crippen LogP contribution is -2.52. The number of rotatable bonds is 7. The maximum absolute atomic E-state index is 14.0. The van der Waals surface area contributed by atoms with Gasteiger partial charge >= 0.3 is 24.0 Å². The summed E-state index contributed by atoms with van der Waals surface area (Å²) in [5.41, 5.74) is 2.68. The van der Waals surface area contributed by atoms with E-state index in [1.807, 2.05) is 29.2 Å². The van der Waals surface area contributed by atoms with Crippen LogP contribution in [0, 0.1) is 11.8 Å². The van der Waals surface area contributed by atoms with Gasteiger partial charge in [0.25, 0.3) is 5.91 Å². The molecule has 0 radical (unpaired) electrons. The molecule has 5 amide bonds. The third-order valence-corrected chi connectivity index (χ3v) is 11.7. The Morgan fingerprint density at radius 3 is 2.15 bits per heavy atom. The van der Waals surface area contributed by atoms with Crippen LogP contribution in [0.25, 0.3) is 0 Å². The highest BCUT2D eigenvalue weighted by Crippen LogP contribution is 2.34. The molecule has 2 aromatic carbocycles. The molecule has 0 unspecified atom stereocenters. The van der Waals surface area contributed by atoms with Crippen molar-refractivity contribution in [3.63, 3.8) is 0 Å². The number of carbonyl (C=O) groups is 5. The summed E-state index contributed by atoms with van der Waals surface area (Å²) in [6.07, 6.45) is 3.71. The first-order valence-corrected chi connectivity index (χ1v) is 19.2. The Labute approximate surface area is 312 Å². The van der Waals surface area contributed by atoms with Gasteiger partial charge in [-0.05, 0) is 109 Å². The number of anilines is 1. The molecule has 0 saturated carbocycles.